The van der Waals surface area contributed by atoms with Gasteiger partial charge in [-0.15, -0.1) is 10.2 Å². The van der Waals surface area contributed by atoms with Crippen molar-refractivity contribution >= 4 is 45.5 Å². The summed E-state index contributed by atoms with van der Waals surface area (Å²) in [6.45, 7) is 3.45. The number of carbonyl (C=O) groups is 1. The minimum absolute atomic E-state index is 0.112. The molecular weight excluding hydrogens is 360 g/mol. The van der Waals surface area contributed by atoms with Gasteiger partial charge >= 0.3 is 0 Å². The molecule has 1 aromatic carbocycles. The van der Waals surface area contributed by atoms with Gasteiger partial charge < -0.3 is 15.2 Å². The topological polar surface area (TPSA) is 106 Å². The van der Waals surface area contributed by atoms with Gasteiger partial charge in [0.25, 0.3) is 0 Å². The first-order chi connectivity index (χ1) is 12.1. The first kappa shape index (κ1) is 17.4. The minimum Gasteiger partial charge on any atom is -0.338 e. The van der Waals surface area contributed by atoms with Crippen molar-refractivity contribution in [1.29, 1.82) is 0 Å². The quantitative estimate of drug-likeness (QED) is 0.604. The van der Waals surface area contributed by atoms with Gasteiger partial charge in [0, 0.05) is 24.7 Å². The number of aromatic nitrogens is 4. The van der Waals surface area contributed by atoms with E-state index >= 15 is 0 Å². The molecule has 0 saturated heterocycles. The van der Waals surface area contributed by atoms with Gasteiger partial charge in [-0.1, -0.05) is 41.2 Å². The molecule has 0 unspecified atom stereocenters. The highest BCUT2D eigenvalue weighted by Crippen LogP contribution is 2.30. The average molecular weight is 376 g/mol. The van der Waals surface area contributed by atoms with Crippen LogP contribution >= 0.6 is 23.1 Å². The molecule has 0 spiro atoms. The summed E-state index contributed by atoms with van der Waals surface area (Å²) in [5.41, 5.74) is 1.54. The SMILES string of the molecule is CCc1noc(CSc2nnc(Nc3cccc(NC(C)=O)c3)s2)n1. The lowest BCUT2D eigenvalue weighted by Gasteiger charge is -2.05. The Hall–Kier alpha value is -2.46. The van der Waals surface area contributed by atoms with Gasteiger partial charge in [0.1, 0.15) is 0 Å². The molecule has 1 amide bonds. The van der Waals surface area contributed by atoms with Crippen molar-refractivity contribution in [3.8, 4) is 0 Å². The van der Waals surface area contributed by atoms with Gasteiger partial charge in [-0.3, -0.25) is 4.79 Å². The summed E-state index contributed by atoms with van der Waals surface area (Å²) in [6.07, 6.45) is 0.749. The second kappa shape index (κ2) is 8.08. The van der Waals surface area contributed by atoms with Crippen molar-refractivity contribution in [3.63, 3.8) is 0 Å². The maximum atomic E-state index is 11.1. The Labute approximate surface area is 152 Å². The van der Waals surface area contributed by atoms with Crippen molar-refractivity contribution in [2.45, 2.75) is 30.4 Å². The maximum Gasteiger partial charge on any atom is 0.237 e. The number of thioether (sulfide) groups is 1. The predicted octanol–water partition coefficient (Wildman–Crippen LogP) is 3.48. The summed E-state index contributed by atoms with van der Waals surface area (Å²) in [7, 11) is 0. The molecule has 10 heteroatoms. The molecule has 2 aromatic heterocycles. The monoisotopic (exact) mass is 376 g/mol. The van der Waals surface area contributed by atoms with Crippen LogP contribution in [0.15, 0.2) is 33.1 Å². The number of anilines is 3. The molecule has 25 heavy (non-hydrogen) atoms. The number of nitrogens with zero attached hydrogens (tertiary/aromatic N) is 4. The molecule has 0 aliphatic heterocycles. The van der Waals surface area contributed by atoms with Gasteiger partial charge in [0.05, 0.1) is 5.75 Å². The Morgan fingerprint density at radius 2 is 2.16 bits per heavy atom. The van der Waals surface area contributed by atoms with Crippen LogP contribution in [0.3, 0.4) is 0 Å². The van der Waals surface area contributed by atoms with Crippen LogP contribution < -0.4 is 10.6 Å². The van der Waals surface area contributed by atoms with E-state index in [1.54, 1.807) is 0 Å². The van der Waals surface area contributed by atoms with Gasteiger partial charge in [0.2, 0.25) is 16.9 Å². The smallest absolute Gasteiger partial charge is 0.237 e. The Morgan fingerprint density at radius 1 is 1.32 bits per heavy atom. The number of hydrogen-bond acceptors (Lipinski definition) is 9. The molecule has 0 aliphatic carbocycles. The summed E-state index contributed by atoms with van der Waals surface area (Å²) in [6, 6.07) is 7.40. The third-order valence-corrected chi connectivity index (χ3v) is 4.94. The lowest BCUT2D eigenvalue weighted by atomic mass is 10.3. The van der Waals surface area contributed by atoms with E-state index in [0.29, 0.717) is 22.6 Å². The molecule has 0 bridgehead atoms. The zero-order chi connectivity index (χ0) is 17.6. The van der Waals surface area contributed by atoms with Crippen molar-refractivity contribution in [1.82, 2.24) is 20.3 Å². The lowest BCUT2D eigenvalue weighted by Crippen LogP contribution is -2.05. The fraction of sp³-hybridized carbons (Fsp3) is 0.267. The molecule has 0 fully saturated rings. The molecule has 0 saturated carbocycles. The third-order valence-electron chi connectivity index (χ3n) is 2.99. The Balaban J connectivity index is 1.58. The largest absolute Gasteiger partial charge is 0.338 e. The van der Waals surface area contributed by atoms with E-state index in [9.17, 15) is 4.79 Å². The molecule has 8 nitrogen and oxygen atoms in total. The summed E-state index contributed by atoms with van der Waals surface area (Å²) >= 11 is 2.92. The van der Waals surface area contributed by atoms with Crippen LogP contribution in [0.2, 0.25) is 0 Å². The number of aryl methyl sites for hydroxylation is 1. The van der Waals surface area contributed by atoms with E-state index in [4.69, 9.17) is 4.52 Å². The fourth-order valence-electron chi connectivity index (χ4n) is 1.94. The van der Waals surface area contributed by atoms with Crippen LogP contribution in [0.5, 0.6) is 0 Å². The number of rotatable bonds is 7. The minimum atomic E-state index is -0.112. The highest BCUT2D eigenvalue weighted by molar-refractivity contribution is 8.00. The normalized spacial score (nSPS) is 10.6. The molecule has 2 heterocycles. The summed E-state index contributed by atoms with van der Waals surface area (Å²) < 4.78 is 5.95. The summed E-state index contributed by atoms with van der Waals surface area (Å²) in [5, 5.41) is 18.7. The van der Waals surface area contributed by atoms with E-state index in [0.717, 1.165) is 22.1 Å². The van der Waals surface area contributed by atoms with E-state index in [-0.39, 0.29) is 5.91 Å². The van der Waals surface area contributed by atoms with Gasteiger partial charge in [-0.2, -0.15) is 4.98 Å². The zero-order valence-corrected chi connectivity index (χ0v) is 15.3. The number of hydrogen-bond donors (Lipinski definition) is 2. The van der Waals surface area contributed by atoms with Crippen LogP contribution in [0, 0.1) is 0 Å². The van der Waals surface area contributed by atoms with Gasteiger partial charge in [-0.25, -0.2) is 0 Å². The van der Waals surface area contributed by atoms with Gasteiger partial charge in [0.15, 0.2) is 10.2 Å². The number of nitrogens with one attached hydrogen (secondary N) is 2. The van der Waals surface area contributed by atoms with Crippen molar-refractivity contribution in [3.05, 3.63) is 36.0 Å². The second-order valence-corrected chi connectivity index (χ2v) is 7.21. The van der Waals surface area contributed by atoms with Crippen molar-refractivity contribution in [2.24, 2.45) is 0 Å². The molecule has 3 aromatic rings. The summed E-state index contributed by atoms with van der Waals surface area (Å²) in [5.74, 6) is 1.72. The second-order valence-electron chi connectivity index (χ2n) is 5.01. The third kappa shape index (κ3) is 5.00. The average Bonchev–Trinajstić information content (AvgIpc) is 3.21. The highest BCUT2D eigenvalue weighted by atomic mass is 32.2. The van der Waals surface area contributed by atoms with E-state index in [2.05, 4.69) is 31.0 Å². The molecule has 0 radical (unpaired) electrons. The molecule has 3 rings (SSSR count). The fourth-order valence-corrected chi connectivity index (χ4v) is 3.55. The molecule has 2 N–H and O–H groups in total. The standard InChI is InChI=1S/C15H16N6O2S2/c1-3-12-18-13(23-21-12)8-24-15-20-19-14(25-15)17-11-6-4-5-10(7-11)16-9(2)22/h4-7H,3,8H2,1-2H3,(H,16,22)(H,17,19). The zero-order valence-electron chi connectivity index (χ0n) is 13.6. The Morgan fingerprint density at radius 3 is 2.92 bits per heavy atom. The first-order valence-corrected chi connectivity index (χ1v) is 9.35. The Kier molecular flexibility index (Phi) is 5.61. The number of benzene rings is 1. The van der Waals surface area contributed by atoms with Crippen LogP contribution in [0.25, 0.3) is 0 Å². The van der Waals surface area contributed by atoms with E-state index < -0.39 is 0 Å². The van der Waals surface area contributed by atoms with E-state index in [1.165, 1.54) is 30.0 Å². The lowest BCUT2D eigenvalue weighted by molar-refractivity contribution is -0.114. The van der Waals surface area contributed by atoms with Gasteiger partial charge in [-0.05, 0) is 18.2 Å². The number of carbonyl (C=O) groups excluding carboxylic acids is 1. The maximum absolute atomic E-state index is 11.1. The van der Waals surface area contributed by atoms with Crippen LogP contribution in [-0.2, 0) is 17.0 Å². The van der Waals surface area contributed by atoms with Crippen molar-refractivity contribution < 1.29 is 9.32 Å². The molecule has 130 valence electrons. The molecular formula is C15H16N6O2S2. The Bertz CT molecular complexity index is 863. The predicted molar refractivity (Wildman–Crippen MR) is 97.2 cm³/mol. The first-order valence-electron chi connectivity index (χ1n) is 7.55. The number of amides is 1. The van der Waals surface area contributed by atoms with Crippen LogP contribution in [0.4, 0.5) is 16.5 Å². The summed E-state index contributed by atoms with van der Waals surface area (Å²) in [4.78, 5) is 15.4. The molecule has 0 aliphatic rings. The highest BCUT2D eigenvalue weighted by Gasteiger charge is 2.09. The molecule has 0 atom stereocenters. The van der Waals surface area contributed by atoms with Crippen LogP contribution in [0.1, 0.15) is 25.6 Å². The van der Waals surface area contributed by atoms with E-state index in [1.807, 2.05) is 31.2 Å². The van der Waals surface area contributed by atoms with Crippen LogP contribution in [-0.4, -0.2) is 26.2 Å². The van der Waals surface area contributed by atoms with Crippen molar-refractivity contribution in [2.75, 3.05) is 10.6 Å².